The van der Waals surface area contributed by atoms with E-state index in [-0.39, 0.29) is 0 Å². The molecule has 3 rings (SSSR count). The van der Waals surface area contributed by atoms with E-state index in [1.807, 2.05) is 62.4 Å². The fourth-order valence-corrected chi connectivity index (χ4v) is 2.35. The summed E-state index contributed by atoms with van der Waals surface area (Å²) in [5, 5.41) is 4.60. The van der Waals surface area contributed by atoms with Gasteiger partial charge in [-0.1, -0.05) is 48.0 Å². The van der Waals surface area contributed by atoms with Crippen molar-refractivity contribution < 1.29 is 4.79 Å². The lowest BCUT2D eigenvalue weighted by molar-refractivity contribution is 0.112. The zero-order valence-electron chi connectivity index (χ0n) is 12.1. The Morgan fingerprint density at radius 3 is 2.38 bits per heavy atom. The van der Waals surface area contributed by atoms with Crippen molar-refractivity contribution in [3.8, 4) is 16.9 Å². The minimum absolute atomic E-state index is 0.599. The van der Waals surface area contributed by atoms with Crippen molar-refractivity contribution in [1.29, 1.82) is 0 Å². The van der Waals surface area contributed by atoms with Crippen LogP contribution in [0.1, 0.15) is 21.5 Å². The number of aldehydes is 1. The second-order valence-corrected chi connectivity index (χ2v) is 5.15. The van der Waals surface area contributed by atoms with Gasteiger partial charge in [0.1, 0.15) is 5.69 Å². The average Bonchev–Trinajstić information content (AvgIpc) is 2.92. The largest absolute Gasteiger partial charge is 0.298 e. The maximum atomic E-state index is 11.3. The Labute approximate surface area is 123 Å². The molecule has 0 N–H and O–H groups in total. The molecule has 1 heterocycles. The van der Waals surface area contributed by atoms with Gasteiger partial charge in [0, 0.05) is 11.8 Å². The number of rotatable bonds is 3. The summed E-state index contributed by atoms with van der Waals surface area (Å²) in [4.78, 5) is 11.3. The number of hydrogen-bond acceptors (Lipinski definition) is 2. The molecule has 0 saturated heterocycles. The summed E-state index contributed by atoms with van der Waals surface area (Å²) in [5.74, 6) is 0. The Morgan fingerprint density at radius 2 is 1.71 bits per heavy atom. The fraction of sp³-hybridized carbons (Fsp3) is 0.111. The first kappa shape index (κ1) is 13.3. The number of benzene rings is 2. The molecule has 21 heavy (non-hydrogen) atoms. The van der Waals surface area contributed by atoms with E-state index in [9.17, 15) is 4.79 Å². The van der Waals surface area contributed by atoms with E-state index in [2.05, 4.69) is 5.10 Å². The summed E-state index contributed by atoms with van der Waals surface area (Å²) in [7, 11) is 0. The molecule has 0 radical (unpaired) electrons. The molecule has 3 nitrogen and oxygen atoms in total. The Hall–Kier alpha value is -2.68. The summed E-state index contributed by atoms with van der Waals surface area (Å²) in [5.41, 5.74) is 5.56. The van der Waals surface area contributed by atoms with Gasteiger partial charge >= 0.3 is 0 Å². The van der Waals surface area contributed by atoms with Crippen LogP contribution in [-0.4, -0.2) is 16.1 Å². The van der Waals surface area contributed by atoms with Gasteiger partial charge in [0.25, 0.3) is 0 Å². The van der Waals surface area contributed by atoms with Crippen molar-refractivity contribution in [2.45, 2.75) is 13.8 Å². The first-order valence-corrected chi connectivity index (χ1v) is 6.87. The number of nitrogens with zero attached hydrogens (tertiary/aromatic N) is 2. The molecule has 0 aliphatic carbocycles. The monoisotopic (exact) mass is 276 g/mol. The maximum Gasteiger partial charge on any atom is 0.153 e. The standard InChI is InChI=1S/C18H16N2O/c1-13-7-9-15(10-8-13)18-16(12-21)11-20(19-18)17-6-4-3-5-14(17)2/h3-12H,1-2H3. The SMILES string of the molecule is Cc1ccc(-c2nn(-c3ccccc3C)cc2C=O)cc1. The zero-order valence-corrected chi connectivity index (χ0v) is 12.1. The molecule has 0 spiro atoms. The minimum atomic E-state index is 0.599. The van der Waals surface area contributed by atoms with E-state index >= 15 is 0 Å². The van der Waals surface area contributed by atoms with E-state index in [1.54, 1.807) is 10.9 Å². The topological polar surface area (TPSA) is 34.9 Å². The van der Waals surface area contributed by atoms with Gasteiger partial charge in [0.05, 0.1) is 11.3 Å². The molecule has 0 bridgehead atoms. The van der Waals surface area contributed by atoms with Crippen LogP contribution in [0.3, 0.4) is 0 Å². The number of carbonyl (C=O) groups is 1. The van der Waals surface area contributed by atoms with E-state index in [0.717, 1.165) is 23.1 Å². The molecule has 0 aliphatic heterocycles. The maximum absolute atomic E-state index is 11.3. The predicted molar refractivity (Wildman–Crippen MR) is 83.9 cm³/mol. The van der Waals surface area contributed by atoms with Crippen LogP contribution < -0.4 is 0 Å². The van der Waals surface area contributed by atoms with Gasteiger partial charge in [-0.05, 0) is 25.5 Å². The van der Waals surface area contributed by atoms with Crippen LogP contribution in [0.5, 0.6) is 0 Å². The first-order chi connectivity index (χ1) is 10.2. The third-order valence-corrected chi connectivity index (χ3v) is 3.56. The highest BCUT2D eigenvalue weighted by Gasteiger charge is 2.12. The number of aromatic nitrogens is 2. The highest BCUT2D eigenvalue weighted by Crippen LogP contribution is 2.23. The molecular formula is C18H16N2O. The van der Waals surface area contributed by atoms with Crippen LogP contribution in [-0.2, 0) is 0 Å². The van der Waals surface area contributed by atoms with Crippen LogP contribution in [0.25, 0.3) is 16.9 Å². The highest BCUT2D eigenvalue weighted by molar-refractivity contribution is 5.85. The van der Waals surface area contributed by atoms with Crippen molar-refractivity contribution in [3.63, 3.8) is 0 Å². The third kappa shape index (κ3) is 2.50. The summed E-state index contributed by atoms with van der Waals surface area (Å²) in [6.45, 7) is 4.07. The summed E-state index contributed by atoms with van der Waals surface area (Å²) in [6.07, 6.45) is 2.64. The Balaban J connectivity index is 2.13. The molecular weight excluding hydrogens is 260 g/mol. The highest BCUT2D eigenvalue weighted by atomic mass is 16.1. The second kappa shape index (κ2) is 5.37. The van der Waals surface area contributed by atoms with Crippen molar-refractivity contribution in [2.75, 3.05) is 0 Å². The lowest BCUT2D eigenvalue weighted by Gasteiger charge is -2.04. The third-order valence-electron chi connectivity index (χ3n) is 3.56. The predicted octanol–water partition coefficient (Wildman–Crippen LogP) is 3.97. The molecule has 3 heteroatoms. The minimum Gasteiger partial charge on any atom is -0.298 e. The number of para-hydroxylation sites is 1. The molecule has 0 amide bonds. The quantitative estimate of drug-likeness (QED) is 0.678. The molecule has 0 fully saturated rings. The van der Waals surface area contributed by atoms with Gasteiger partial charge in [0.2, 0.25) is 0 Å². The first-order valence-electron chi connectivity index (χ1n) is 6.87. The number of carbonyl (C=O) groups excluding carboxylic acids is 1. The lowest BCUT2D eigenvalue weighted by atomic mass is 10.1. The molecule has 0 atom stereocenters. The van der Waals surface area contributed by atoms with Gasteiger partial charge < -0.3 is 0 Å². The Morgan fingerprint density at radius 1 is 1.00 bits per heavy atom. The summed E-state index contributed by atoms with van der Waals surface area (Å²) >= 11 is 0. The van der Waals surface area contributed by atoms with Crippen molar-refractivity contribution >= 4 is 6.29 Å². The van der Waals surface area contributed by atoms with Gasteiger partial charge in [-0.3, -0.25) is 4.79 Å². The fourth-order valence-electron chi connectivity index (χ4n) is 2.35. The van der Waals surface area contributed by atoms with E-state index in [1.165, 1.54) is 5.56 Å². The second-order valence-electron chi connectivity index (χ2n) is 5.15. The summed E-state index contributed by atoms with van der Waals surface area (Å²) in [6, 6.07) is 16.0. The van der Waals surface area contributed by atoms with Crippen LogP contribution >= 0.6 is 0 Å². The normalized spacial score (nSPS) is 10.6. The zero-order chi connectivity index (χ0) is 14.8. The van der Waals surface area contributed by atoms with Crippen molar-refractivity contribution in [3.05, 3.63) is 71.4 Å². The Kier molecular flexibility index (Phi) is 3.40. The van der Waals surface area contributed by atoms with Gasteiger partial charge in [-0.25, -0.2) is 4.68 Å². The van der Waals surface area contributed by atoms with Gasteiger partial charge in [-0.15, -0.1) is 0 Å². The molecule has 1 aromatic heterocycles. The average molecular weight is 276 g/mol. The number of aryl methyl sites for hydroxylation is 2. The molecule has 2 aromatic carbocycles. The van der Waals surface area contributed by atoms with Gasteiger partial charge in [0.15, 0.2) is 6.29 Å². The molecule has 3 aromatic rings. The smallest absolute Gasteiger partial charge is 0.153 e. The molecule has 104 valence electrons. The van der Waals surface area contributed by atoms with Crippen LogP contribution in [0, 0.1) is 13.8 Å². The van der Waals surface area contributed by atoms with Crippen LogP contribution in [0.4, 0.5) is 0 Å². The van der Waals surface area contributed by atoms with E-state index < -0.39 is 0 Å². The van der Waals surface area contributed by atoms with E-state index in [0.29, 0.717) is 11.3 Å². The molecule has 0 unspecified atom stereocenters. The van der Waals surface area contributed by atoms with E-state index in [4.69, 9.17) is 0 Å². The van der Waals surface area contributed by atoms with Crippen molar-refractivity contribution in [1.82, 2.24) is 9.78 Å². The van der Waals surface area contributed by atoms with Crippen LogP contribution in [0.2, 0.25) is 0 Å². The number of hydrogen-bond donors (Lipinski definition) is 0. The molecule has 0 saturated carbocycles. The molecule has 0 aliphatic rings. The Bertz CT molecular complexity index is 785. The van der Waals surface area contributed by atoms with Crippen molar-refractivity contribution in [2.24, 2.45) is 0 Å². The van der Waals surface area contributed by atoms with Crippen LogP contribution in [0.15, 0.2) is 54.7 Å². The lowest BCUT2D eigenvalue weighted by Crippen LogP contribution is -1.97. The summed E-state index contributed by atoms with van der Waals surface area (Å²) < 4.78 is 1.77. The van der Waals surface area contributed by atoms with Gasteiger partial charge in [-0.2, -0.15) is 5.10 Å².